The largest absolute Gasteiger partial charge is 0.370 e. The number of hydrogen-bond acceptors (Lipinski definition) is 3. The first-order valence-electron chi connectivity index (χ1n) is 5.76. The highest BCUT2D eigenvalue weighted by atomic mass is 16.1. The predicted molar refractivity (Wildman–Crippen MR) is 65.6 cm³/mol. The molecule has 0 aliphatic rings. The van der Waals surface area contributed by atoms with Crippen molar-refractivity contribution in [1.29, 1.82) is 0 Å². The average molecular weight is 221 g/mol. The van der Waals surface area contributed by atoms with Crippen LogP contribution in [0.25, 0.3) is 0 Å². The van der Waals surface area contributed by atoms with Crippen molar-refractivity contribution in [3.05, 3.63) is 23.9 Å². The molecule has 0 aliphatic carbocycles. The number of anilines is 1. The van der Waals surface area contributed by atoms with Crippen LogP contribution >= 0.6 is 0 Å². The molecule has 4 nitrogen and oxygen atoms in total. The lowest BCUT2D eigenvalue weighted by Gasteiger charge is -2.05. The summed E-state index contributed by atoms with van der Waals surface area (Å²) in [5.74, 6) is 0.755. The summed E-state index contributed by atoms with van der Waals surface area (Å²) in [5.41, 5.74) is 0.607. The van der Waals surface area contributed by atoms with Gasteiger partial charge in [-0.25, -0.2) is 4.98 Å². The summed E-state index contributed by atoms with van der Waals surface area (Å²) in [7, 11) is 0. The van der Waals surface area contributed by atoms with Crippen LogP contribution in [-0.4, -0.2) is 24.0 Å². The number of carbonyl (C=O) groups excluding carboxylic acids is 1. The van der Waals surface area contributed by atoms with Gasteiger partial charge in [-0.05, 0) is 25.0 Å². The monoisotopic (exact) mass is 221 g/mol. The number of nitrogens with zero attached hydrogens (tertiary/aromatic N) is 1. The maximum absolute atomic E-state index is 11.6. The molecule has 0 bridgehead atoms. The van der Waals surface area contributed by atoms with Gasteiger partial charge in [0.25, 0.3) is 5.91 Å². The second-order valence-electron chi connectivity index (χ2n) is 3.61. The van der Waals surface area contributed by atoms with E-state index in [9.17, 15) is 4.79 Å². The molecule has 0 spiro atoms. The zero-order valence-corrected chi connectivity index (χ0v) is 9.92. The Labute approximate surface area is 96.5 Å². The number of aromatic nitrogens is 1. The van der Waals surface area contributed by atoms with Crippen molar-refractivity contribution in [1.82, 2.24) is 10.3 Å². The fourth-order valence-corrected chi connectivity index (χ4v) is 1.23. The summed E-state index contributed by atoms with van der Waals surface area (Å²) in [5, 5.41) is 5.97. The highest BCUT2D eigenvalue weighted by molar-refractivity contribution is 5.93. The quantitative estimate of drug-likeness (QED) is 0.773. The van der Waals surface area contributed by atoms with Crippen molar-refractivity contribution in [2.75, 3.05) is 18.4 Å². The summed E-state index contributed by atoms with van der Waals surface area (Å²) in [6.45, 7) is 5.72. The molecular formula is C12H19N3O. The van der Waals surface area contributed by atoms with E-state index in [2.05, 4.69) is 22.5 Å². The second-order valence-corrected chi connectivity index (χ2v) is 3.61. The third-order valence-corrected chi connectivity index (χ3v) is 2.12. The Kier molecular flexibility index (Phi) is 5.32. The Balaban J connectivity index is 2.53. The van der Waals surface area contributed by atoms with Crippen LogP contribution in [-0.2, 0) is 0 Å². The van der Waals surface area contributed by atoms with E-state index < -0.39 is 0 Å². The molecule has 0 fully saturated rings. The Morgan fingerprint density at radius 2 is 2.00 bits per heavy atom. The first kappa shape index (κ1) is 12.5. The Morgan fingerprint density at radius 1 is 1.25 bits per heavy atom. The smallest absolute Gasteiger partial charge is 0.252 e. The fraction of sp³-hybridized carbons (Fsp3) is 0.500. The van der Waals surface area contributed by atoms with Crippen LogP contribution in [0.3, 0.4) is 0 Å². The van der Waals surface area contributed by atoms with Gasteiger partial charge in [-0.15, -0.1) is 0 Å². The van der Waals surface area contributed by atoms with Gasteiger partial charge < -0.3 is 10.6 Å². The number of carbonyl (C=O) groups is 1. The van der Waals surface area contributed by atoms with E-state index in [1.54, 1.807) is 12.3 Å². The van der Waals surface area contributed by atoms with E-state index in [1.807, 2.05) is 13.0 Å². The Morgan fingerprint density at radius 3 is 2.56 bits per heavy atom. The Hall–Kier alpha value is -1.58. The van der Waals surface area contributed by atoms with Gasteiger partial charge in [0.2, 0.25) is 0 Å². The highest BCUT2D eigenvalue weighted by Gasteiger charge is 2.04. The van der Waals surface area contributed by atoms with Crippen molar-refractivity contribution < 1.29 is 4.79 Å². The van der Waals surface area contributed by atoms with Gasteiger partial charge in [-0.1, -0.05) is 13.8 Å². The minimum Gasteiger partial charge on any atom is -0.370 e. The van der Waals surface area contributed by atoms with Crippen molar-refractivity contribution in [2.45, 2.75) is 26.7 Å². The number of amides is 1. The zero-order chi connectivity index (χ0) is 11.8. The van der Waals surface area contributed by atoms with E-state index in [0.717, 1.165) is 25.2 Å². The minimum absolute atomic E-state index is 0.0589. The lowest BCUT2D eigenvalue weighted by atomic mass is 10.2. The van der Waals surface area contributed by atoms with Gasteiger partial charge in [0.05, 0.1) is 5.56 Å². The van der Waals surface area contributed by atoms with Crippen LogP contribution < -0.4 is 10.6 Å². The molecule has 0 saturated carbocycles. The molecule has 1 amide bonds. The Bertz CT molecular complexity index is 322. The van der Waals surface area contributed by atoms with E-state index in [1.165, 1.54) is 0 Å². The lowest BCUT2D eigenvalue weighted by Crippen LogP contribution is -2.24. The van der Waals surface area contributed by atoms with Gasteiger partial charge >= 0.3 is 0 Å². The van der Waals surface area contributed by atoms with Crippen molar-refractivity contribution >= 4 is 11.7 Å². The molecule has 0 unspecified atom stereocenters. The number of nitrogens with one attached hydrogen (secondary N) is 2. The molecule has 1 rings (SSSR count). The normalized spacial score (nSPS) is 9.88. The summed E-state index contributed by atoms with van der Waals surface area (Å²) in [4.78, 5) is 15.7. The SMILES string of the molecule is CCCNC(=O)c1ccc(NCCC)nc1. The predicted octanol–water partition coefficient (Wildman–Crippen LogP) is 2.04. The summed E-state index contributed by atoms with van der Waals surface area (Å²) >= 11 is 0. The second kappa shape index (κ2) is 6.82. The maximum atomic E-state index is 11.6. The van der Waals surface area contributed by atoms with E-state index >= 15 is 0 Å². The van der Waals surface area contributed by atoms with Crippen LogP contribution in [0.4, 0.5) is 5.82 Å². The lowest BCUT2D eigenvalue weighted by molar-refractivity contribution is 0.0953. The molecule has 4 heteroatoms. The number of rotatable bonds is 6. The van der Waals surface area contributed by atoms with Gasteiger partial charge in [-0.2, -0.15) is 0 Å². The van der Waals surface area contributed by atoms with E-state index in [4.69, 9.17) is 0 Å². The molecule has 0 radical (unpaired) electrons. The van der Waals surface area contributed by atoms with Crippen LogP contribution in [0.2, 0.25) is 0 Å². The van der Waals surface area contributed by atoms with E-state index in [0.29, 0.717) is 12.1 Å². The summed E-state index contributed by atoms with van der Waals surface area (Å²) in [6.07, 6.45) is 3.60. The number of pyridine rings is 1. The zero-order valence-electron chi connectivity index (χ0n) is 9.92. The minimum atomic E-state index is -0.0589. The first-order valence-corrected chi connectivity index (χ1v) is 5.76. The summed E-state index contributed by atoms with van der Waals surface area (Å²) in [6, 6.07) is 3.62. The molecule has 1 heterocycles. The molecule has 2 N–H and O–H groups in total. The van der Waals surface area contributed by atoms with Crippen molar-refractivity contribution in [2.24, 2.45) is 0 Å². The molecule has 16 heavy (non-hydrogen) atoms. The molecule has 0 aliphatic heterocycles. The third-order valence-electron chi connectivity index (χ3n) is 2.12. The molecule has 0 saturated heterocycles. The molecular weight excluding hydrogens is 202 g/mol. The standard InChI is InChI=1S/C12H19N3O/c1-3-7-13-11-6-5-10(9-15-11)12(16)14-8-4-2/h5-6,9H,3-4,7-8H2,1-2H3,(H,13,15)(H,14,16). The fourth-order valence-electron chi connectivity index (χ4n) is 1.23. The van der Waals surface area contributed by atoms with Gasteiger partial charge in [0.15, 0.2) is 0 Å². The molecule has 88 valence electrons. The third kappa shape index (κ3) is 3.88. The maximum Gasteiger partial charge on any atom is 0.252 e. The molecule has 1 aromatic heterocycles. The van der Waals surface area contributed by atoms with Crippen molar-refractivity contribution in [3.8, 4) is 0 Å². The van der Waals surface area contributed by atoms with Crippen LogP contribution in [0.1, 0.15) is 37.0 Å². The van der Waals surface area contributed by atoms with Crippen LogP contribution in [0.15, 0.2) is 18.3 Å². The molecule has 0 aromatic carbocycles. The van der Waals surface area contributed by atoms with E-state index in [-0.39, 0.29) is 5.91 Å². The van der Waals surface area contributed by atoms with Gasteiger partial charge in [-0.3, -0.25) is 4.79 Å². The van der Waals surface area contributed by atoms with Crippen molar-refractivity contribution in [3.63, 3.8) is 0 Å². The van der Waals surface area contributed by atoms with Crippen LogP contribution in [0, 0.1) is 0 Å². The van der Waals surface area contributed by atoms with Crippen LogP contribution in [0.5, 0.6) is 0 Å². The molecule has 1 aromatic rings. The number of hydrogen-bond donors (Lipinski definition) is 2. The summed E-state index contributed by atoms with van der Waals surface area (Å²) < 4.78 is 0. The topological polar surface area (TPSA) is 54.0 Å². The van der Waals surface area contributed by atoms with Gasteiger partial charge in [0, 0.05) is 19.3 Å². The van der Waals surface area contributed by atoms with Gasteiger partial charge in [0.1, 0.15) is 5.82 Å². The highest BCUT2D eigenvalue weighted by Crippen LogP contribution is 2.04. The first-order chi connectivity index (χ1) is 7.77. The average Bonchev–Trinajstić information content (AvgIpc) is 2.34. The molecule has 0 atom stereocenters.